The van der Waals surface area contributed by atoms with Crippen LogP contribution in [0.3, 0.4) is 0 Å². The second-order valence-corrected chi connectivity index (χ2v) is 5.31. The van der Waals surface area contributed by atoms with E-state index in [9.17, 15) is 4.79 Å². The van der Waals surface area contributed by atoms with Gasteiger partial charge in [-0.3, -0.25) is 4.79 Å². The van der Waals surface area contributed by atoms with Crippen LogP contribution >= 0.6 is 0 Å². The van der Waals surface area contributed by atoms with E-state index in [1.54, 1.807) is 0 Å². The number of carbonyl (C=O) groups excluding carboxylic acids is 1. The van der Waals surface area contributed by atoms with Crippen LogP contribution < -0.4 is 10.6 Å². The number of nitrogens with one attached hydrogen (secondary N) is 2. The van der Waals surface area contributed by atoms with Crippen molar-refractivity contribution in [1.82, 2.24) is 10.2 Å². The summed E-state index contributed by atoms with van der Waals surface area (Å²) in [6, 6.07) is 5.93. The number of fused-ring (bicyclic) bond motifs is 1. The molecule has 0 fully saturated rings. The minimum absolute atomic E-state index is 0.0344. The predicted octanol–water partition coefficient (Wildman–Crippen LogP) is 1.73. The second kappa shape index (κ2) is 6.57. The molecular formula is C15H23N3O. The number of amides is 1. The van der Waals surface area contributed by atoms with Gasteiger partial charge in [-0.25, -0.2) is 0 Å². The van der Waals surface area contributed by atoms with Gasteiger partial charge >= 0.3 is 0 Å². The van der Waals surface area contributed by atoms with E-state index in [0.29, 0.717) is 0 Å². The van der Waals surface area contributed by atoms with E-state index >= 15 is 0 Å². The Labute approximate surface area is 115 Å². The summed E-state index contributed by atoms with van der Waals surface area (Å²) in [6.07, 6.45) is 3.18. The van der Waals surface area contributed by atoms with E-state index in [2.05, 4.69) is 15.5 Å². The number of anilines is 1. The van der Waals surface area contributed by atoms with Crippen LogP contribution in [0.15, 0.2) is 18.2 Å². The van der Waals surface area contributed by atoms with Gasteiger partial charge in [0.25, 0.3) is 5.91 Å². The Morgan fingerprint density at radius 1 is 1.42 bits per heavy atom. The molecule has 19 heavy (non-hydrogen) atoms. The van der Waals surface area contributed by atoms with Crippen molar-refractivity contribution in [1.29, 1.82) is 0 Å². The largest absolute Gasteiger partial charge is 0.385 e. The van der Waals surface area contributed by atoms with Crippen LogP contribution in [-0.2, 0) is 6.42 Å². The molecule has 104 valence electrons. The van der Waals surface area contributed by atoms with Gasteiger partial charge < -0.3 is 15.5 Å². The highest BCUT2D eigenvalue weighted by atomic mass is 16.1. The quantitative estimate of drug-likeness (QED) is 0.793. The smallest absolute Gasteiger partial charge is 0.251 e. The van der Waals surface area contributed by atoms with Crippen molar-refractivity contribution in [3.63, 3.8) is 0 Å². The molecule has 2 rings (SSSR count). The molecular weight excluding hydrogens is 238 g/mol. The number of rotatable bonds is 5. The first-order valence-electron chi connectivity index (χ1n) is 6.96. The van der Waals surface area contributed by atoms with Crippen molar-refractivity contribution in [3.05, 3.63) is 29.3 Å². The fraction of sp³-hybridized carbons (Fsp3) is 0.533. The Morgan fingerprint density at radius 2 is 2.26 bits per heavy atom. The SMILES string of the molecule is CN(C)CCCNC(=O)c1ccc2c(c1)CCCN2. The first-order valence-corrected chi connectivity index (χ1v) is 6.96. The van der Waals surface area contributed by atoms with Crippen molar-refractivity contribution < 1.29 is 4.79 Å². The van der Waals surface area contributed by atoms with Gasteiger partial charge in [0.2, 0.25) is 0 Å². The van der Waals surface area contributed by atoms with Crippen LogP contribution in [0.25, 0.3) is 0 Å². The average Bonchev–Trinajstić information content (AvgIpc) is 2.42. The Bertz CT molecular complexity index is 443. The van der Waals surface area contributed by atoms with E-state index in [1.165, 1.54) is 11.3 Å². The fourth-order valence-electron chi connectivity index (χ4n) is 2.32. The fourth-order valence-corrected chi connectivity index (χ4v) is 2.32. The first kappa shape index (κ1) is 13.9. The maximum absolute atomic E-state index is 12.0. The second-order valence-electron chi connectivity index (χ2n) is 5.31. The first-order chi connectivity index (χ1) is 9.16. The molecule has 0 atom stereocenters. The van der Waals surface area contributed by atoms with E-state index in [0.717, 1.165) is 44.5 Å². The Kier molecular flexibility index (Phi) is 4.80. The van der Waals surface area contributed by atoms with Crippen LogP contribution in [0, 0.1) is 0 Å². The van der Waals surface area contributed by atoms with Gasteiger partial charge in [0, 0.05) is 24.3 Å². The summed E-state index contributed by atoms with van der Waals surface area (Å²) in [6.45, 7) is 2.75. The molecule has 0 spiro atoms. The third-order valence-corrected chi connectivity index (χ3v) is 3.37. The highest BCUT2D eigenvalue weighted by Crippen LogP contribution is 2.22. The molecule has 1 aliphatic heterocycles. The minimum atomic E-state index is 0.0344. The topological polar surface area (TPSA) is 44.4 Å². The van der Waals surface area contributed by atoms with Crippen molar-refractivity contribution in [2.45, 2.75) is 19.3 Å². The third kappa shape index (κ3) is 3.96. The van der Waals surface area contributed by atoms with Gasteiger partial charge in [0.05, 0.1) is 0 Å². The molecule has 0 bridgehead atoms. The van der Waals surface area contributed by atoms with Gasteiger partial charge in [0.15, 0.2) is 0 Å². The van der Waals surface area contributed by atoms with Gasteiger partial charge in [-0.15, -0.1) is 0 Å². The molecule has 1 aromatic carbocycles. The monoisotopic (exact) mass is 261 g/mol. The van der Waals surface area contributed by atoms with Crippen molar-refractivity contribution in [2.24, 2.45) is 0 Å². The lowest BCUT2D eigenvalue weighted by atomic mass is 10.0. The number of benzene rings is 1. The summed E-state index contributed by atoms with van der Waals surface area (Å²) >= 11 is 0. The third-order valence-electron chi connectivity index (χ3n) is 3.37. The van der Waals surface area contributed by atoms with E-state index < -0.39 is 0 Å². The molecule has 0 aromatic heterocycles. The van der Waals surface area contributed by atoms with Crippen molar-refractivity contribution >= 4 is 11.6 Å². The zero-order chi connectivity index (χ0) is 13.7. The predicted molar refractivity (Wildman–Crippen MR) is 78.8 cm³/mol. The number of nitrogens with zero attached hydrogens (tertiary/aromatic N) is 1. The van der Waals surface area contributed by atoms with Gasteiger partial charge in [-0.1, -0.05) is 0 Å². The molecule has 0 aliphatic carbocycles. The van der Waals surface area contributed by atoms with Gasteiger partial charge in [-0.2, -0.15) is 0 Å². The molecule has 0 saturated heterocycles. The summed E-state index contributed by atoms with van der Waals surface area (Å²) < 4.78 is 0. The maximum Gasteiger partial charge on any atom is 0.251 e. The molecule has 0 unspecified atom stereocenters. The molecule has 0 radical (unpaired) electrons. The van der Waals surface area contributed by atoms with Crippen LogP contribution in [0.1, 0.15) is 28.8 Å². The standard InChI is InChI=1S/C15H23N3O/c1-18(2)10-4-9-17-15(19)13-6-7-14-12(11-13)5-3-8-16-14/h6-7,11,16H,3-5,8-10H2,1-2H3,(H,17,19). The molecule has 0 saturated carbocycles. The molecule has 1 aliphatic rings. The summed E-state index contributed by atoms with van der Waals surface area (Å²) in [5, 5.41) is 6.33. The molecule has 1 amide bonds. The van der Waals surface area contributed by atoms with E-state index in [-0.39, 0.29) is 5.91 Å². The Hall–Kier alpha value is -1.55. The summed E-state index contributed by atoms with van der Waals surface area (Å²) in [4.78, 5) is 14.2. The molecule has 1 heterocycles. The normalized spacial score (nSPS) is 13.8. The van der Waals surface area contributed by atoms with Crippen molar-refractivity contribution in [3.8, 4) is 0 Å². The van der Waals surface area contributed by atoms with Crippen LogP contribution in [0.5, 0.6) is 0 Å². The van der Waals surface area contributed by atoms with Crippen LogP contribution in [-0.4, -0.2) is 44.5 Å². The lowest BCUT2D eigenvalue weighted by Gasteiger charge is -2.18. The number of hydrogen-bond donors (Lipinski definition) is 2. The zero-order valence-electron chi connectivity index (χ0n) is 11.8. The Balaban J connectivity index is 1.88. The van der Waals surface area contributed by atoms with Crippen LogP contribution in [0.2, 0.25) is 0 Å². The Morgan fingerprint density at radius 3 is 3.05 bits per heavy atom. The van der Waals surface area contributed by atoms with E-state index in [1.807, 2.05) is 32.3 Å². The molecule has 1 aromatic rings. The van der Waals surface area contributed by atoms with Crippen LogP contribution in [0.4, 0.5) is 5.69 Å². The molecule has 2 N–H and O–H groups in total. The highest BCUT2D eigenvalue weighted by Gasteiger charge is 2.12. The maximum atomic E-state index is 12.0. The zero-order valence-corrected chi connectivity index (χ0v) is 11.8. The lowest BCUT2D eigenvalue weighted by Crippen LogP contribution is -2.27. The van der Waals surface area contributed by atoms with Crippen molar-refractivity contribution in [2.75, 3.05) is 39.0 Å². The number of hydrogen-bond acceptors (Lipinski definition) is 3. The average molecular weight is 261 g/mol. The van der Waals surface area contributed by atoms with Gasteiger partial charge in [0.1, 0.15) is 0 Å². The molecule has 4 nitrogen and oxygen atoms in total. The lowest BCUT2D eigenvalue weighted by molar-refractivity contribution is 0.0952. The van der Waals surface area contributed by atoms with Gasteiger partial charge in [-0.05, 0) is 63.7 Å². The highest BCUT2D eigenvalue weighted by molar-refractivity contribution is 5.94. The summed E-state index contributed by atoms with van der Waals surface area (Å²) in [7, 11) is 4.08. The number of aryl methyl sites for hydroxylation is 1. The molecule has 4 heteroatoms. The summed E-state index contributed by atoms with van der Waals surface area (Å²) in [5.41, 5.74) is 3.20. The van der Waals surface area contributed by atoms with E-state index in [4.69, 9.17) is 0 Å². The number of carbonyl (C=O) groups is 1. The summed E-state index contributed by atoms with van der Waals surface area (Å²) in [5.74, 6) is 0.0344. The minimum Gasteiger partial charge on any atom is -0.385 e.